The minimum atomic E-state index is 0.277. The van der Waals surface area contributed by atoms with Crippen molar-refractivity contribution in [2.24, 2.45) is 0 Å². The van der Waals surface area contributed by atoms with Gasteiger partial charge in [-0.1, -0.05) is 17.7 Å². The van der Waals surface area contributed by atoms with E-state index >= 15 is 0 Å². The number of rotatable bonds is 4. The summed E-state index contributed by atoms with van der Waals surface area (Å²) in [6.07, 6.45) is 0. The number of hydrogen-bond acceptors (Lipinski definition) is 3. The monoisotopic (exact) mass is 196 g/mol. The summed E-state index contributed by atoms with van der Waals surface area (Å²) in [6, 6.07) is 3.83. The van der Waals surface area contributed by atoms with E-state index < -0.39 is 0 Å². The zero-order valence-corrected chi connectivity index (χ0v) is 8.83. The minimum Gasteiger partial charge on any atom is -0.507 e. The number of phenolic OH excluding ortho intramolecular Hbond substituents is 1. The van der Waals surface area contributed by atoms with Crippen molar-refractivity contribution in [3.05, 3.63) is 28.8 Å². The molecule has 14 heavy (non-hydrogen) atoms. The van der Waals surface area contributed by atoms with Crippen molar-refractivity contribution in [1.82, 2.24) is 0 Å². The molecular formula is C11H16O3. The van der Waals surface area contributed by atoms with Gasteiger partial charge < -0.3 is 14.6 Å². The highest BCUT2D eigenvalue weighted by molar-refractivity contribution is 5.42. The van der Waals surface area contributed by atoms with Crippen molar-refractivity contribution in [3.8, 4) is 5.75 Å². The molecule has 0 saturated carbocycles. The topological polar surface area (TPSA) is 38.7 Å². The number of ether oxygens (including phenoxy) is 2. The first-order chi connectivity index (χ1) is 6.69. The Morgan fingerprint density at radius 2 is 1.50 bits per heavy atom. The largest absolute Gasteiger partial charge is 0.507 e. The summed E-state index contributed by atoms with van der Waals surface area (Å²) in [7, 11) is 3.22. The molecule has 0 amide bonds. The Bertz CT molecular complexity index is 280. The number of hydrogen-bond donors (Lipinski definition) is 1. The molecule has 0 aliphatic rings. The number of methoxy groups -OCH3 is 2. The third-order valence-electron chi connectivity index (χ3n) is 2.01. The third-order valence-corrected chi connectivity index (χ3v) is 2.01. The lowest BCUT2D eigenvalue weighted by Crippen LogP contribution is -1.96. The molecule has 0 unspecified atom stereocenters. The molecular weight excluding hydrogens is 180 g/mol. The van der Waals surface area contributed by atoms with Gasteiger partial charge in [0.2, 0.25) is 0 Å². The molecule has 0 aliphatic carbocycles. The van der Waals surface area contributed by atoms with Crippen LogP contribution in [-0.2, 0) is 22.7 Å². The van der Waals surface area contributed by atoms with E-state index in [-0.39, 0.29) is 5.75 Å². The molecule has 1 aromatic rings. The standard InChI is InChI=1S/C11H16O3/c1-8-4-9(6-13-2)11(12)10(5-8)7-14-3/h4-5,12H,6-7H2,1-3H3. The summed E-state index contributed by atoms with van der Waals surface area (Å²) >= 11 is 0. The van der Waals surface area contributed by atoms with Crippen LogP contribution in [0.2, 0.25) is 0 Å². The molecule has 1 aromatic carbocycles. The van der Waals surface area contributed by atoms with E-state index in [0.29, 0.717) is 13.2 Å². The summed E-state index contributed by atoms with van der Waals surface area (Å²) in [5, 5.41) is 9.82. The van der Waals surface area contributed by atoms with Crippen LogP contribution in [0.25, 0.3) is 0 Å². The molecule has 0 bridgehead atoms. The van der Waals surface area contributed by atoms with E-state index in [2.05, 4.69) is 0 Å². The van der Waals surface area contributed by atoms with Gasteiger partial charge in [0.15, 0.2) is 0 Å². The summed E-state index contributed by atoms with van der Waals surface area (Å²) < 4.78 is 9.99. The Morgan fingerprint density at radius 3 is 1.86 bits per heavy atom. The fourth-order valence-electron chi connectivity index (χ4n) is 1.47. The fourth-order valence-corrected chi connectivity index (χ4v) is 1.47. The maximum absolute atomic E-state index is 9.82. The maximum Gasteiger partial charge on any atom is 0.126 e. The van der Waals surface area contributed by atoms with Gasteiger partial charge in [0.05, 0.1) is 13.2 Å². The second kappa shape index (κ2) is 4.98. The van der Waals surface area contributed by atoms with Crippen LogP contribution in [-0.4, -0.2) is 19.3 Å². The summed E-state index contributed by atoms with van der Waals surface area (Å²) in [4.78, 5) is 0. The van der Waals surface area contributed by atoms with Gasteiger partial charge in [0.1, 0.15) is 5.75 Å². The van der Waals surface area contributed by atoms with Gasteiger partial charge in [-0.15, -0.1) is 0 Å². The van der Waals surface area contributed by atoms with Gasteiger partial charge in [0, 0.05) is 25.3 Å². The zero-order chi connectivity index (χ0) is 10.6. The second-order valence-electron chi connectivity index (χ2n) is 3.30. The van der Waals surface area contributed by atoms with E-state index in [0.717, 1.165) is 16.7 Å². The molecule has 0 aromatic heterocycles. The van der Waals surface area contributed by atoms with Crippen molar-refractivity contribution >= 4 is 0 Å². The van der Waals surface area contributed by atoms with Crippen LogP contribution in [0, 0.1) is 6.92 Å². The van der Waals surface area contributed by atoms with Crippen LogP contribution in [0.1, 0.15) is 16.7 Å². The van der Waals surface area contributed by atoms with Crippen LogP contribution in [0.4, 0.5) is 0 Å². The van der Waals surface area contributed by atoms with Gasteiger partial charge in [-0.25, -0.2) is 0 Å². The van der Waals surface area contributed by atoms with Crippen LogP contribution >= 0.6 is 0 Å². The van der Waals surface area contributed by atoms with E-state index in [1.807, 2.05) is 19.1 Å². The summed E-state index contributed by atoms with van der Waals surface area (Å²) in [6.45, 7) is 2.83. The first-order valence-electron chi connectivity index (χ1n) is 4.48. The number of aryl methyl sites for hydroxylation is 1. The van der Waals surface area contributed by atoms with Gasteiger partial charge in [-0.3, -0.25) is 0 Å². The molecule has 0 saturated heterocycles. The van der Waals surface area contributed by atoms with Gasteiger partial charge >= 0.3 is 0 Å². The molecule has 0 radical (unpaired) electrons. The maximum atomic E-state index is 9.82. The lowest BCUT2D eigenvalue weighted by atomic mass is 10.1. The highest BCUT2D eigenvalue weighted by Gasteiger charge is 2.07. The molecule has 0 heterocycles. The van der Waals surface area contributed by atoms with Gasteiger partial charge in [-0.2, -0.15) is 0 Å². The molecule has 0 fully saturated rings. The molecule has 78 valence electrons. The predicted molar refractivity (Wildman–Crippen MR) is 54.3 cm³/mol. The van der Waals surface area contributed by atoms with Crippen molar-refractivity contribution in [3.63, 3.8) is 0 Å². The SMILES string of the molecule is COCc1cc(C)cc(COC)c1O. The van der Waals surface area contributed by atoms with Crippen molar-refractivity contribution in [1.29, 1.82) is 0 Å². The first-order valence-corrected chi connectivity index (χ1v) is 4.48. The number of aromatic hydroxyl groups is 1. The predicted octanol–water partition coefficient (Wildman–Crippen LogP) is 1.99. The third kappa shape index (κ3) is 2.47. The summed E-state index contributed by atoms with van der Waals surface area (Å²) in [5.41, 5.74) is 2.71. The highest BCUT2D eigenvalue weighted by atomic mass is 16.5. The first kappa shape index (κ1) is 11.0. The van der Waals surface area contributed by atoms with Gasteiger partial charge in [-0.05, 0) is 6.92 Å². The Hall–Kier alpha value is -1.06. The zero-order valence-electron chi connectivity index (χ0n) is 8.83. The average molecular weight is 196 g/mol. The Kier molecular flexibility index (Phi) is 3.92. The van der Waals surface area contributed by atoms with E-state index in [4.69, 9.17) is 9.47 Å². The lowest BCUT2D eigenvalue weighted by molar-refractivity contribution is 0.174. The smallest absolute Gasteiger partial charge is 0.126 e. The molecule has 3 nitrogen and oxygen atoms in total. The van der Waals surface area contributed by atoms with Crippen molar-refractivity contribution < 1.29 is 14.6 Å². The fraction of sp³-hybridized carbons (Fsp3) is 0.455. The Labute approximate surface area is 84.3 Å². The Balaban J connectivity index is 3.04. The van der Waals surface area contributed by atoms with E-state index in [9.17, 15) is 5.11 Å². The molecule has 0 atom stereocenters. The molecule has 0 aliphatic heterocycles. The van der Waals surface area contributed by atoms with Crippen molar-refractivity contribution in [2.75, 3.05) is 14.2 Å². The second-order valence-corrected chi connectivity index (χ2v) is 3.30. The van der Waals surface area contributed by atoms with E-state index in [1.54, 1.807) is 14.2 Å². The summed E-state index contributed by atoms with van der Waals surface area (Å²) in [5.74, 6) is 0.277. The number of phenols is 1. The normalized spacial score (nSPS) is 10.5. The number of benzene rings is 1. The molecule has 3 heteroatoms. The van der Waals surface area contributed by atoms with Crippen molar-refractivity contribution in [2.45, 2.75) is 20.1 Å². The van der Waals surface area contributed by atoms with Crippen LogP contribution in [0.3, 0.4) is 0 Å². The van der Waals surface area contributed by atoms with Crippen LogP contribution in [0.15, 0.2) is 12.1 Å². The van der Waals surface area contributed by atoms with Crippen LogP contribution < -0.4 is 0 Å². The Morgan fingerprint density at radius 1 is 1.07 bits per heavy atom. The highest BCUT2D eigenvalue weighted by Crippen LogP contribution is 2.25. The quantitative estimate of drug-likeness (QED) is 0.800. The minimum absolute atomic E-state index is 0.277. The van der Waals surface area contributed by atoms with Gasteiger partial charge in [0.25, 0.3) is 0 Å². The van der Waals surface area contributed by atoms with E-state index in [1.165, 1.54) is 0 Å². The molecule has 1 N–H and O–H groups in total. The lowest BCUT2D eigenvalue weighted by Gasteiger charge is -2.10. The molecule has 0 spiro atoms. The van der Waals surface area contributed by atoms with Crippen LogP contribution in [0.5, 0.6) is 5.75 Å². The molecule has 1 rings (SSSR count). The average Bonchev–Trinajstić information content (AvgIpc) is 2.14.